The van der Waals surface area contributed by atoms with Gasteiger partial charge in [-0.25, -0.2) is 4.39 Å². The maximum atomic E-state index is 13.4. The van der Waals surface area contributed by atoms with Crippen molar-refractivity contribution in [2.45, 2.75) is 13.5 Å². The van der Waals surface area contributed by atoms with Crippen molar-refractivity contribution >= 4 is 11.4 Å². The summed E-state index contributed by atoms with van der Waals surface area (Å²) in [5.74, 6) is -0.299. The van der Waals surface area contributed by atoms with Gasteiger partial charge in [-0.1, -0.05) is 24.3 Å². The molecule has 4 nitrogen and oxygen atoms in total. The van der Waals surface area contributed by atoms with Gasteiger partial charge in [-0.15, -0.1) is 0 Å². The first-order valence-electron chi connectivity index (χ1n) is 5.80. The van der Waals surface area contributed by atoms with E-state index >= 15 is 0 Å². The summed E-state index contributed by atoms with van der Waals surface area (Å²) in [6.07, 6.45) is 0. The van der Waals surface area contributed by atoms with Crippen LogP contribution in [0.4, 0.5) is 15.8 Å². The number of nitrogens with one attached hydrogen (secondary N) is 1. The van der Waals surface area contributed by atoms with Crippen LogP contribution in [-0.4, -0.2) is 4.92 Å². The standard InChI is InChI=1S/C14H13FN2O2/c1-10-6-7-12(8-13(10)15)16-9-11-4-2-3-5-14(11)17(18)19/h2-8,16H,9H2,1H3. The first-order valence-corrected chi connectivity index (χ1v) is 5.80. The Kier molecular flexibility index (Phi) is 3.75. The summed E-state index contributed by atoms with van der Waals surface area (Å²) < 4.78 is 13.4. The molecule has 0 radical (unpaired) electrons. The van der Waals surface area contributed by atoms with Crippen molar-refractivity contribution in [2.75, 3.05) is 5.32 Å². The zero-order valence-corrected chi connectivity index (χ0v) is 10.4. The highest BCUT2D eigenvalue weighted by atomic mass is 19.1. The smallest absolute Gasteiger partial charge is 0.274 e. The van der Waals surface area contributed by atoms with Gasteiger partial charge in [0, 0.05) is 23.9 Å². The van der Waals surface area contributed by atoms with Crippen molar-refractivity contribution in [3.8, 4) is 0 Å². The predicted molar refractivity (Wildman–Crippen MR) is 71.6 cm³/mol. The number of hydrogen-bond donors (Lipinski definition) is 1. The number of anilines is 1. The van der Waals surface area contributed by atoms with E-state index in [9.17, 15) is 14.5 Å². The van der Waals surface area contributed by atoms with Crippen LogP contribution in [0, 0.1) is 22.9 Å². The number of aryl methyl sites for hydroxylation is 1. The Bertz CT molecular complexity index is 614. The van der Waals surface area contributed by atoms with Crippen molar-refractivity contribution in [2.24, 2.45) is 0 Å². The van der Waals surface area contributed by atoms with Crippen molar-refractivity contribution < 1.29 is 9.31 Å². The number of benzene rings is 2. The second kappa shape index (κ2) is 5.48. The Balaban J connectivity index is 2.14. The normalized spacial score (nSPS) is 10.2. The molecular weight excluding hydrogens is 247 g/mol. The lowest BCUT2D eigenvalue weighted by molar-refractivity contribution is -0.385. The van der Waals surface area contributed by atoms with E-state index in [0.717, 1.165) is 0 Å². The molecule has 0 amide bonds. The van der Waals surface area contributed by atoms with Crippen molar-refractivity contribution in [3.63, 3.8) is 0 Å². The Hall–Kier alpha value is -2.43. The molecule has 2 rings (SSSR count). The summed E-state index contributed by atoms with van der Waals surface area (Å²) >= 11 is 0. The second-order valence-electron chi connectivity index (χ2n) is 4.20. The van der Waals surface area contributed by atoms with E-state index in [1.807, 2.05) is 0 Å². The molecule has 0 atom stereocenters. The maximum absolute atomic E-state index is 13.4. The average molecular weight is 260 g/mol. The SMILES string of the molecule is Cc1ccc(NCc2ccccc2[N+](=O)[O-])cc1F. The molecule has 0 aliphatic heterocycles. The van der Waals surface area contributed by atoms with E-state index in [0.29, 0.717) is 16.8 Å². The minimum atomic E-state index is -0.424. The number of nitro groups is 1. The zero-order chi connectivity index (χ0) is 13.8. The van der Waals surface area contributed by atoms with Gasteiger partial charge in [0.15, 0.2) is 0 Å². The fourth-order valence-electron chi connectivity index (χ4n) is 1.74. The molecule has 0 saturated carbocycles. The van der Waals surface area contributed by atoms with E-state index < -0.39 is 4.92 Å². The fourth-order valence-corrected chi connectivity index (χ4v) is 1.74. The van der Waals surface area contributed by atoms with Gasteiger partial charge in [0.2, 0.25) is 0 Å². The molecular formula is C14H13FN2O2. The largest absolute Gasteiger partial charge is 0.381 e. The number of nitro benzene ring substituents is 1. The van der Waals surface area contributed by atoms with Gasteiger partial charge in [0.1, 0.15) is 5.82 Å². The fraction of sp³-hybridized carbons (Fsp3) is 0.143. The molecule has 0 unspecified atom stereocenters. The number of para-hydroxylation sites is 1. The van der Waals surface area contributed by atoms with Gasteiger partial charge in [-0.3, -0.25) is 10.1 Å². The minimum absolute atomic E-state index is 0.0579. The minimum Gasteiger partial charge on any atom is -0.381 e. The van der Waals surface area contributed by atoms with Crippen LogP contribution in [0.15, 0.2) is 42.5 Å². The summed E-state index contributed by atoms with van der Waals surface area (Å²) in [5, 5.41) is 13.8. The van der Waals surface area contributed by atoms with Gasteiger partial charge in [0.25, 0.3) is 5.69 Å². The first-order chi connectivity index (χ1) is 9.08. The Labute approximate surface area is 110 Å². The van der Waals surface area contributed by atoms with Crippen LogP contribution in [-0.2, 0) is 6.54 Å². The third kappa shape index (κ3) is 3.07. The molecule has 2 aromatic carbocycles. The lowest BCUT2D eigenvalue weighted by Gasteiger charge is -2.08. The quantitative estimate of drug-likeness (QED) is 0.674. The molecule has 5 heteroatoms. The van der Waals surface area contributed by atoms with Crippen LogP contribution < -0.4 is 5.32 Å². The van der Waals surface area contributed by atoms with Crippen LogP contribution in [0.25, 0.3) is 0 Å². The third-order valence-electron chi connectivity index (χ3n) is 2.84. The molecule has 98 valence electrons. The number of nitrogens with zero attached hydrogens (tertiary/aromatic N) is 1. The predicted octanol–water partition coefficient (Wildman–Crippen LogP) is 3.65. The summed E-state index contributed by atoms with van der Waals surface area (Å²) in [6.45, 7) is 1.96. The highest BCUT2D eigenvalue weighted by Crippen LogP contribution is 2.20. The van der Waals surface area contributed by atoms with Gasteiger partial charge in [-0.05, 0) is 24.6 Å². The molecule has 0 saturated heterocycles. The van der Waals surface area contributed by atoms with Gasteiger partial charge in [0.05, 0.1) is 4.92 Å². The van der Waals surface area contributed by atoms with Crippen LogP contribution in [0.3, 0.4) is 0 Å². The van der Waals surface area contributed by atoms with E-state index in [2.05, 4.69) is 5.32 Å². The molecule has 0 fully saturated rings. The van der Waals surface area contributed by atoms with Gasteiger partial charge in [-0.2, -0.15) is 0 Å². The Morgan fingerprint density at radius 2 is 2.00 bits per heavy atom. The first kappa shape index (κ1) is 13.0. The van der Waals surface area contributed by atoms with Gasteiger partial charge < -0.3 is 5.32 Å². The molecule has 1 N–H and O–H groups in total. The van der Waals surface area contributed by atoms with Crippen LogP contribution in [0.2, 0.25) is 0 Å². The van der Waals surface area contributed by atoms with E-state index in [1.165, 1.54) is 12.1 Å². The number of rotatable bonds is 4. The van der Waals surface area contributed by atoms with Gasteiger partial charge >= 0.3 is 0 Å². The monoisotopic (exact) mass is 260 g/mol. The summed E-state index contributed by atoms with van der Waals surface area (Å²) in [5.41, 5.74) is 1.79. The van der Waals surface area contributed by atoms with Crippen LogP contribution >= 0.6 is 0 Å². The Morgan fingerprint density at radius 3 is 2.68 bits per heavy atom. The lowest BCUT2D eigenvalue weighted by atomic mass is 10.1. The summed E-state index contributed by atoms with van der Waals surface area (Å²) in [4.78, 5) is 10.4. The second-order valence-corrected chi connectivity index (χ2v) is 4.20. The molecule has 0 aliphatic rings. The van der Waals surface area contributed by atoms with Crippen LogP contribution in [0.1, 0.15) is 11.1 Å². The number of hydrogen-bond acceptors (Lipinski definition) is 3. The molecule has 0 spiro atoms. The van der Waals surface area contributed by atoms with Crippen molar-refractivity contribution in [1.29, 1.82) is 0 Å². The molecule has 0 heterocycles. The highest BCUT2D eigenvalue weighted by molar-refractivity contribution is 5.48. The number of halogens is 1. The highest BCUT2D eigenvalue weighted by Gasteiger charge is 2.11. The van der Waals surface area contributed by atoms with E-state index in [1.54, 1.807) is 37.3 Å². The van der Waals surface area contributed by atoms with E-state index in [4.69, 9.17) is 0 Å². The van der Waals surface area contributed by atoms with Crippen LogP contribution in [0.5, 0.6) is 0 Å². The molecule has 0 aromatic heterocycles. The van der Waals surface area contributed by atoms with E-state index in [-0.39, 0.29) is 18.0 Å². The summed E-state index contributed by atoms with van der Waals surface area (Å²) in [7, 11) is 0. The molecule has 0 aliphatic carbocycles. The average Bonchev–Trinajstić information content (AvgIpc) is 2.40. The Morgan fingerprint density at radius 1 is 1.26 bits per heavy atom. The lowest BCUT2D eigenvalue weighted by Crippen LogP contribution is -2.03. The summed E-state index contributed by atoms with van der Waals surface area (Å²) in [6, 6.07) is 11.3. The van der Waals surface area contributed by atoms with Crippen molar-refractivity contribution in [1.82, 2.24) is 0 Å². The third-order valence-corrected chi connectivity index (χ3v) is 2.84. The zero-order valence-electron chi connectivity index (χ0n) is 10.4. The molecule has 0 bridgehead atoms. The molecule has 19 heavy (non-hydrogen) atoms. The maximum Gasteiger partial charge on any atom is 0.274 e. The molecule has 2 aromatic rings. The topological polar surface area (TPSA) is 55.2 Å². The van der Waals surface area contributed by atoms with Crippen molar-refractivity contribution in [3.05, 3.63) is 69.5 Å².